The van der Waals surface area contributed by atoms with Gasteiger partial charge in [0.2, 0.25) is 0 Å². The second kappa shape index (κ2) is 6.52. The number of nitrogens with zero attached hydrogens (tertiary/aromatic N) is 3. The van der Waals surface area contributed by atoms with Crippen LogP contribution in [0.25, 0.3) is 0 Å². The second-order valence-corrected chi connectivity index (χ2v) is 5.48. The number of carbonyl (C=O) groups is 1. The maximum Gasteiger partial charge on any atom is 0.326 e. The van der Waals surface area contributed by atoms with Gasteiger partial charge in [-0.15, -0.1) is 6.58 Å². The lowest BCUT2D eigenvalue weighted by molar-refractivity contribution is 0.256. The molecule has 2 aromatic rings. The summed E-state index contributed by atoms with van der Waals surface area (Å²) in [6.07, 6.45) is 3.60. The number of pyridine rings is 1. The summed E-state index contributed by atoms with van der Waals surface area (Å²) < 4.78 is 0. The summed E-state index contributed by atoms with van der Waals surface area (Å²) in [5.74, 6) is 0.818. The lowest BCUT2D eigenvalue weighted by atomic mass is 10.2. The van der Waals surface area contributed by atoms with E-state index in [0.717, 1.165) is 35.8 Å². The molecule has 1 aromatic carbocycles. The highest BCUT2D eigenvalue weighted by atomic mass is 16.2. The molecular weight excluding hydrogens is 288 g/mol. The summed E-state index contributed by atoms with van der Waals surface area (Å²) in [6, 6.07) is 11.4. The average molecular weight is 308 g/mol. The van der Waals surface area contributed by atoms with Gasteiger partial charge in [0.25, 0.3) is 0 Å². The van der Waals surface area contributed by atoms with Crippen LogP contribution in [0, 0.1) is 6.92 Å². The van der Waals surface area contributed by atoms with Crippen LogP contribution in [-0.4, -0.2) is 30.6 Å². The zero-order chi connectivity index (χ0) is 16.2. The first-order valence-corrected chi connectivity index (χ1v) is 7.65. The van der Waals surface area contributed by atoms with Gasteiger partial charge in [-0.3, -0.25) is 4.90 Å². The van der Waals surface area contributed by atoms with Crippen LogP contribution >= 0.6 is 0 Å². The molecule has 1 aliphatic rings. The van der Waals surface area contributed by atoms with E-state index in [2.05, 4.69) is 21.8 Å². The van der Waals surface area contributed by atoms with E-state index in [-0.39, 0.29) is 6.03 Å². The number of rotatable bonds is 3. The molecule has 0 radical (unpaired) electrons. The molecule has 23 heavy (non-hydrogen) atoms. The van der Waals surface area contributed by atoms with Crippen LogP contribution in [0.2, 0.25) is 0 Å². The largest absolute Gasteiger partial charge is 0.349 e. The molecular formula is C18H20N4O. The minimum Gasteiger partial charge on any atom is -0.349 e. The summed E-state index contributed by atoms with van der Waals surface area (Å²) in [7, 11) is 0. The zero-order valence-electron chi connectivity index (χ0n) is 13.2. The SMILES string of the molecule is C=CCN1CCN(C(=O)Nc2ccccc2C)c2cccnc21. The van der Waals surface area contributed by atoms with Crippen LogP contribution in [0.4, 0.5) is 22.0 Å². The van der Waals surface area contributed by atoms with E-state index in [4.69, 9.17) is 0 Å². The van der Waals surface area contributed by atoms with Crippen LogP contribution in [0.1, 0.15) is 5.56 Å². The number of amides is 2. The first-order valence-electron chi connectivity index (χ1n) is 7.65. The molecule has 5 nitrogen and oxygen atoms in total. The fourth-order valence-corrected chi connectivity index (χ4v) is 2.73. The molecule has 3 rings (SSSR count). The normalized spacial score (nSPS) is 13.4. The van der Waals surface area contributed by atoms with Crippen molar-refractivity contribution in [2.75, 3.05) is 34.8 Å². The number of fused-ring (bicyclic) bond motifs is 1. The number of carbonyl (C=O) groups excluding carboxylic acids is 1. The Labute approximate surface area is 136 Å². The summed E-state index contributed by atoms with van der Waals surface area (Å²) >= 11 is 0. The Hall–Kier alpha value is -2.82. The van der Waals surface area contributed by atoms with Gasteiger partial charge in [0, 0.05) is 31.5 Å². The number of para-hydroxylation sites is 1. The van der Waals surface area contributed by atoms with Crippen molar-refractivity contribution in [1.82, 2.24) is 4.98 Å². The number of nitrogens with one attached hydrogen (secondary N) is 1. The molecule has 0 unspecified atom stereocenters. The molecule has 1 N–H and O–H groups in total. The molecule has 2 heterocycles. The van der Waals surface area contributed by atoms with Crippen LogP contribution in [0.5, 0.6) is 0 Å². The third-order valence-electron chi connectivity index (χ3n) is 3.93. The van der Waals surface area contributed by atoms with Crippen molar-refractivity contribution >= 4 is 23.2 Å². The lowest BCUT2D eigenvalue weighted by Crippen LogP contribution is -2.46. The third-order valence-corrected chi connectivity index (χ3v) is 3.93. The highest BCUT2D eigenvalue weighted by molar-refractivity contribution is 6.04. The molecule has 0 spiro atoms. The highest BCUT2D eigenvalue weighted by Crippen LogP contribution is 2.31. The zero-order valence-corrected chi connectivity index (χ0v) is 13.2. The van der Waals surface area contributed by atoms with Gasteiger partial charge in [-0.2, -0.15) is 0 Å². The van der Waals surface area contributed by atoms with Crippen LogP contribution in [0.3, 0.4) is 0 Å². The molecule has 1 aromatic heterocycles. The standard InChI is InChI=1S/C18H20N4O/c1-3-11-21-12-13-22(16-9-6-10-19-17(16)21)18(23)20-15-8-5-4-7-14(15)2/h3-10H,1,11-13H2,2H3,(H,20,23). The molecule has 0 saturated heterocycles. The minimum absolute atomic E-state index is 0.133. The fraction of sp³-hybridized carbons (Fsp3) is 0.222. The predicted octanol–water partition coefficient (Wildman–Crippen LogP) is 3.43. The summed E-state index contributed by atoms with van der Waals surface area (Å²) in [5, 5.41) is 2.99. The van der Waals surface area contributed by atoms with Gasteiger partial charge in [0.05, 0.1) is 5.69 Å². The smallest absolute Gasteiger partial charge is 0.326 e. The van der Waals surface area contributed by atoms with Crippen molar-refractivity contribution in [2.45, 2.75) is 6.92 Å². The van der Waals surface area contributed by atoms with E-state index >= 15 is 0 Å². The van der Waals surface area contributed by atoms with E-state index in [0.29, 0.717) is 6.54 Å². The van der Waals surface area contributed by atoms with Crippen LogP contribution < -0.4 is 15.1 Å². The van der Waals surface area contributed by atoms with Crippen LogP contribution in [-0.2, 0) is 0 Å². The number of hydrogen-bond donors (Lipinski definition) is 1. The van der Waals surface area contributed by atoms with E-state index < -0.39 is 0 Å². The number of aryl methyl sites for hydroxylation is 1. The lowest BCUT2D eigenvalue weighted by Gasteiger charge is -2.36. The molecule has 2 amide bonds. The molecule has 5 heteroatoms. The van der Waals surface area contributed by atoms with Gasteiger partial charge in [-0.1, -0.05) is 24.3 Å². The highest BCUT2D eigenvalue weighted by Gasteiger charge is 2.27. The first-order chi connectivity index (χ1) is 11.2. The van der Waals surface area contributed by atoms with Crippen molar-refractivity contribution in [2.24, 2.45) is 0 Å². The van der Waals surface area contributed by atoms with Crippen molar-refractivity contribution in [3.63, 3.8) is 0 Å². The van der Waals surface area contributed by atoms with Crippen LogP contribution in [0.15, 0.2) is 55.3 Å². The van der Waals surface area contributed by atoms with E-state index in [9.17, 15) is 4.79 Å². The molecule has 0 fully saturated rings. The summed E-state index contributed by atoms with van der Waals surface area (Å²) in [4.78, 5) is 21.0. The Balaban J connectivity index is 1.85. The average Bonchev–Trinajstić information content (AvgIpc) is 2.57. The monoisotopic (exact) mass is 308 g/mol. The third kappa shape index (κ3) is 3.04. The maximum absolute atomic E-state index is 12.7. The minimum atomic E-state index is -0.133. The maximum atomic E-state index is 12.7. The molecule has 0 bridgehead atoms. The first kappa shape index (κ1) is 15.1. The van der Waals surface area contributed by atoms with Crippen molar-refractivity contribution in [1.29, 1.82) is 0 Å². The Morgan fingerprint density at radius 2 is 2.13 bits per heavy atom. The Morgan fingerprint density at radius 3 is 2.91 bits per heavy atom. The van der Waals surface area contributed by atoms with Crippen molar-refractivity contribution < 1.29 is 4.79 Å². The van der Waals surface area contributed by atoms with Gasteiger partial charge < -0.3 is 10.2 Å². The molecule has 0 saturated carbocycles. The Bertz CT molecular complexity index is 728. The van der Waals surface area contributed by atoms with E-state index in [1.54, 1.807) is 11.1 Å². The second-order valence-electron chi connectivity index (χ2n) is 5.48. The van der Waals surface area contributed by atoms with Gasteiger partial charge in [-0.05, 0) is 30.7 Å². The topological polar surface area (TPSA) is 48.5 Å². The predicted molar refractivity (Wildman–Crippen MR) is 94.2 cm³/mol. The number of hydrogen-bond acceptors (Lipinski definition) is 3. The summed E-state index contributed by atoms with van der Waals surface area (Å²) in [6.45, 7) is 7.83. The van der Waals surface area contributed by atoms with Gasteiger partial charge in [0.15, 0.2) is 5.82 Å². The van der Waals surface area contributed by atoms with Crippen molar-refractivity contribution in [3.05, 3.63) is 60.8 Å². The number of aromatic nitrogens is 1. The quantitative estimate of drug-likeness (QED) is 0.884. The Kier molecular flexibility index (Phi) is 4.28. The van der Waals surface area contributed by atoms with Gasteiger partial charge >= 0.3 is 6.03 Å². The van der Waals surface area contributed by atoms with Crippen molar-refractivity contribution in [3.8, 4) is 0 Å². The fourth-order valence-electron chi connectivity index (χ4n) is 2.73. The number of urea groups is 1. The van der Waals surface area contributed by atoms with Gasteiger partial charge in [0.1, 0.15) is 0 Å². The van der Waals surface area contributed by atoms with E-state index in [1.807, 2.05) is 49.4 Å². The van der Waals surface area contributed by atoms with Gasteiger partial charge in [-0.25, -0.2) is 9.78 Å². The number of benzene rings is 1. The van der Waals surface area contributed by atoms with E-state index in [1.165, 1.54) is 0 Å². The summed E-state index contributed by atoms with van der Waals surface area (Å²) in [5.41, 5.74) is 2.70. The molecule has 0 atom stereocenters. The molecule has 118 valence electrons. The molecule has 0 aliphatic carbocycles. The number of anilines is 3. The molecule has 1 aliphatic heterocycles. The Morgan fingerprint density at radius 1 is 1.30 bits per heavy atom.